The molecule has 96 valence electrons. The molecule has 1 unspecified atom stereocenters. The standard InChI is InChI=1S/C16H13BrOS/c17-13-9-16(19-10-13)15(18)8-12-6-3-5-11-4-1-2-7-14(11)12/h1-7,9-10,15,18H,8H2. The van der Waals surface area contributed by atoms with Gasteiger partial charge in [0.15, 0.2) is 0 Å². The number of rotatable bonds is 3. The summed E-state index contributed by atoms with van der Waals surface area (Å²) in [5.41, 5.74) is 1.19. The van der Waals surface area contributed by atoms with Crippen molar-refractivity contribution in [2.24, 2.45) is 0 Å². The number of hydrogen-bond donors (Lipinski definition) is 1. The van der Waals surface area contributed by atoms with Gasteiger partial charge in [-0.05, 0) is 38.3 Å². The fraction of sp³-hybridized carbons (Fsp3) is 0.125. The Morgan fingerprint density at radius 2 is 1.89 bits per heavy atom. The van der Waals surface area contributed by atoms with E-state index in [9.17, 15) is 5.11 Å². The molecule has 1 aromatic heterocycles. The number of thiophene rings is 1. The zero-order valence-electron chi connectivity index (χ0n) is 10.2. The van der Waals surface area contributed by atoms with Crippen molar-refractivity contribution in [1.29, 1.82) is 0 Å². The van der Waals surface area contributed by atoms with Crippen LogP contribution >= 0.6 is 27.3 Å². The SMILES string of the molecule is OC(Cc1cccc2ccccc12)c1cc(Br)cs1. The van der Waals surface area contributed by atoms with Crippen molar-refractivity contribution in [2.45, 2.75) is 12.5 Å². The summed E-state index contributed by atoms with van der Waals surface area (Å²) in [6, 6.07) is 16.5. The van der Waals surface area contributed by atoms with Crippen LogP contribution in [-0.2, 0) is 6.42 Å². The van der Waals surface area contributed by atoms with Crippen LogP contribution in [0.15, 0.2) is 58.4 Å². The molecule has 0 saturated carbocycles. The lowest BCUT2D eigenvalue weighted by atomic mass is 9.99. The number of aliphatic hydroxyl groups is 1. The van der Waals surface area contributed by atoms with Crippen LogP contribution in [0.4, 0.5) is 0 Å². The molecule has 0 amide bonds. The smallest absolute Gasteiger partial charge is 0.0922 e. The maximum absolute atomic E-state index is 10.3. The van der Waals surface area contributed by atoms with Crippen molar-refractivity contribution in [2.75, 3.05) is 0 Å². The molecular formula is C16H13BrOS. The van der Waals surface area contributed by atoms with Crippen LogP contribution in [0.2, 0.25) is 0 Å². The van der Waals surface area contributed by atoms with Crippen LogP contribution in [0.5, 0.6) is 0 Å². The molecular weight excluding hydrogens is 320 g/mol. The minimum absolute atomic E-state index is 0.442. The summed E-state index contributed by atoms with van der Waals surface area (Å²) in [5, 5.41) is 14.8. The Balaban J connectivity index is 1.93. The van der Waals surface area contributed by atoms with Gasteiger partial charge in [0.1, 0.15) is 0 Å². The van der Waals surface area contributed by atoms with Gasteiger partial charge in [-0.15, -0.1) is 11.3 Å². The second-order valence-corrected chi connectivity index (χ2v) is 6.38. The van der Waals surface area contributed by atoms with Gasteiger partial charge in [0.2, 0.25) is 0 Å². The highest BCUT2D eigenvalue weighted by Gasteiger charge is 2.12. The maximum atomic E-state index is 10.3. The van der Waals surface area contributed by atoms with E-state index in [1.165, 1.54) is 16.3 Å². The highest BCUT2D eigenvalue weighted by atomic mass is 79.9. The normalized spacial score (nSPS) is 12.7. The molecule has 2 aromatic carbocycles. The first-order valence-corrected chi connectivity index (χ1v) is 7.80. The highest BCUT2D eigenvalue weighted by molar-refractivity contribution is 9.10. The second-order valence-electron chi connectivity index (χ2n) is 4.53. The molecule has 0 saturated heterocycles. The molecule has 0 aliphatic heterocycles. The Labute approximate surface area is 124 Å². The third-order valence-corrected chi connectivity index (χ3v) is 5.00. The number of halogens is 1. The molecule has 0 radical (unpaired) electrons. The van der Waals surface area contributed by atoms with Crippen molar-refractivity contribution in [1.82, 2.24) is 0 Å². The molecule has 3 heteroatoms. The lowest BCUT2D eigenvalue weighted by molar-refractivity contribution is 0.182. The average Bonchev–Trinajstić information content (AvgIpc) is 2.86. The topological polar surface area (TPSA) is 20.2 Å². The zero-order chi connectivity index (χ0) is 13.2. The first kappa shape index (κ1) is 12.9. The summed E-state index contributed by atoms with van der Waals surface area (Å²) < 4.78 is 1.03. The number of aliphatic hydroxyl groups excluding tert-OH is 1. The van der Waals surface area contributed by atoms with Crippen LogP contribution in [0.1, 0.15) is 16.5 Å². The van der Waals surface area contributed by atoms with E-state index in [2.05, 4.69) is 46.3 Å². The fourth-order valence-electron chi connectivity index (χ4n) is 2.28. The monoisotopic (exact) mass is 332 g/mol. The summed E-state index contributed by atoms with van der Waals surface area (Å²) in [6.45, 7) is 0. The molecule has 0 aliphatic carbocycles. The fourth-order valence-corrected chi connectivity index (χ4v) is 3.71. The average molecular weight is 333 g/mol. The van der Waals surface area contributed by atoms with Crippen molar-refractivity contribution in [3.8, 4) is 0 Å². The minimum Gasteiger partial charge on any atom is -0.387 e. The Kier molecular flexibility index (Phi) is 3.69. The lowest BCUT2D eigenvalue weighted by Crippen LogP contribution is -2.00. The first-order valence-electron chi connectivity index (χ1n) is 6.12. The van der Waals surface area contributed by atoms with E-state index >= 15 is 0 Å². The van der Waals surface area contributed by atoms with Gasteiger partial charge in [0.05, 0.1) is 6.10 Å². The molecule has 0 spiro atoms. The predicted molar refractivity (Wildman–Crippen MR) is 84.6 cm³/mol. The van der Waals surface area contributed by atoms with Gasteiger partial charge in [0, 0.05) is 21.2 Å². The molecule has 0 aliphatic rings. The first-order chi connectivity index (χ1) is 9.24. The summed E-state index contributed by atoms with van der Waals surface area (Å²) >= 11 is 5.01. The van der Waals surface area contributed by atoms with Crippen LogP contribution in [0.3, 0.4) is 0 Å². The van der Waals surface area contributed by atoms with E-state index < -0.39 is 6.10 Å². The van der Waals surface area contributed by atoms with Gasteiger partial charge < -0.3 is 5.11 Å². The molecule has 19 heavy (non-hydrogen) atoms. The molecule has 1 nitrogen and oxygen atoms in total. The van der Waals surface area contributed by atoms with Crippen molar-refractivity contribution in [3.05, 3.63) is 68.8 Å². The molecule has 1 N–H and O–H groups in total. The van der Waals surface area contributed by atoms with Crippen LogP contribution in [-0.4, -0.2) is 5.11 Å². The van der Waals surface area contributed by atoms with Crippen molar-refractivity contribution < 1.29 is 5.11 Å². The van der Waals surface area contributed by atoms with Gasteiger partial charge >= 0.3 is 0 Å². The van der Waals surface area contributed by atoms with E-state index in [1.807, 2.05) is 23.6 Å². The Bertz CT molecular complexity index is 699. The number of fused-ring (bicyclic) bond motifs is 1. The summed E-state index contributed by atoms with van der Waals surface area (Å²) in [6.07, 6.45) is 0.205. The van der Waals surface area contributed by atoms with Gasteiger partial charge in [-0.1, -0.05) is 42.5 Å². The molecule has 3 aromatic rings. The van der Waals surface area contributed by atoms with E-state index in [4.69, 9.17) is 0 Å². The second kappa shape index (κ2) is 5.45. The van der Waals surface area contributed by atoms with E-state index in [1.54, 1.807) is 11.3 Å². The van der Waals surface area contributed by atoms with Gasteiger partial charge in [0.25, 0.3) is 0 Å². The Morgan fingerprint density at radius 3 is 2.68 bits per heavy atom. The summed E-state index contributed by atoms with van der Waals surface area (Å²) in [5.74, 6) is 0. The van der Waals surface area contributed by atoms with Crippen LogP contribution in [0, 0.1) is 0 Å². The minimum atomic E-state index is -0.442. The largest absolute Gasteiger partial charge is 0.387 e. The van der Waals surface area contributed by atoms with Gasteiger partial charge in [-0.3, -0.25) is 0 Å². The summed E-state index contributed by atoms with van der Waals surface area (Å²) in [7, 11) is 0. The number of benzene rings is 2. The molecule has 3 rings (SSSR count). The zero-order valence-corrected chi connectivity index (χ0v) is 12.6. The van der Waals surface area contributed by atoms with Crippen LogP contribution in [0.25, 0.3) is 10.8 Å². The number of hydrogen-bond acceptors (Lipinski definition) is 2. The van der Waals surface area contributed by atoms with Crippen molar-refractivity contribution >= 4 is 38.0 Å². The third-order valence-electron chi connectivity index (χ3n) is 3.21. The molecule has 1 atom stereocenters. The third kappa shape index (κ3) is 2.73. The van der Waals surface area contributed by atoms with E-state index in [0.29, 0.717) is 6.42 Å². The molecule has 0 bridgehead atoms. The highest BCUT2D eigenvalue weighted by Crippen LogP contribution is 2.29. The Hall–Kier alpha value is -1.16. The van der Waals surface area contributed by atoms with Crippen molar-refractivity contribution in [3.63, 3.8) is 0 Å². The molecule has 0 fully saturated rings. The van der Waals surface area contributed by atoms with E-state index in [-0.39, 0.29) is 0 Å². The quantitative estimate of drug-likeness (QED) is 0.720. The van der Waals surface area contributed by atoms with Crippen LogP contribution < -0.4 is 0 Å². The Morgan fingerprint density at radius 1 is 1.11 bits per heavy atom. The van der Waals surface area contributed by atoms with E-state index in [0.717, 1.165) is 9.35 Å². The van der Waals surface area contributed by atoms with Gasteiger partial charge in [-0.2, -0.15) is 0 Å². The summed E-state index contributed by atoms with van der Waals surface area (Å²) in [4.78, 5) is 1.000. The van der Waals surface area contributed by atoms with Gasteiger partial charge in [-0.25, -0.2) is 0 Å². The molecule has 1 heterocycles. The predicted octanol–water partition coefficient (Wildman–Crippen LogP) is 4.94. The lowest BCUT2D eigenvalue weighted by Gasteiger charge is -2.11. The maximum Gasteiger partial charge on any atom is 0.0922 e.